The highest BCUT2D eigenvalue weighted by atomic mass is 19.1. The third-order valence-electron chi connectivity index (χ3n) is 5.09. The number of nitrogens with zero attached hydrogens (tertiary/aromatic N) is 2. The quantitative estimate of drug-likeness (QED) is 0.347. The van der Waals surface area contributed by atoms with Gasteiger partial charge in [-0.3, -0.25) is 14.5 Å². The number of anilines is 1. The molecule has 0 saturated carbocycles. The minimum absolute atomic E-state index is 0.121. The van der Waals surface area contributed by atoms with Crippen LogP contribution in [0.1, 0.15) is 36.3 Å². The van der Waals surface area contributed by atoms with Crippen LogP contribution in [0, 0.1) is 12.7 Å². The van der Waals surface area contributed by atoms with Crippen molar-refractivity contribution in [1.29, 1.82) is 0 Å². The van der Waals surface area contributed by atoms with E-state index < -0.39 is 29.3 Å². The second-order valence-electron chi connectivity index (χ2n) is 7.39. The Morgan fingerprint density at radius 1 is 1.16 bits per heavy atom. The second-order valence-corrected chi connectivity index (χ2v) is 7.39. The zero-order valence-electron chi connectivity index (χ0n) is 17.5. The van der Waals surface area contributed by atoms with Gasteiger partial charge in [-0.2, -0.15) is 0 Å². The molecule has 7 nitrogen and oxygen atoms in total. The van der Waals surface area contributed by atoms with E-state index in [9.17, 15) is 19.1 Å². The number of carbonyl (C=O) groups excluding carboxylic acids is 2. The highest BCUT2D eigenvalue weighted by Crippen LogP contribution is 2.42. The number of hydrogen-bond donors (Lipinski definition) is 1. The molecular weight excluding hydrogens is 415 g/mol. The molecule has 1 amide bonds. The number of carbonyl (C=O) groups is 2. The molecule has 1 saturated heterocycles. The standard InChI is InChI=1S/C24H21FN2O5/c1-3-12-31-18-10-6-15(7-11-18)21-20(22(28)16-4-8-17(25)9-5-16)23(29)24(30)27(21)19-13-14(2)32-26-19/h4-11,13,21,28H,3,12H2,1-2H3. The lowest BCUT2D eigenvalue weighted by atomic mass is 9.95. The number of halogens is 1. The van der Waals surface area contributed by atoms with Crippen LogP contribution in [0.3, 0.4) is 0 Å². The van der Waals surface area contributed by atoms with Gasteiger partial charge in [-0.15, -0.1) is 0 Å². The van der Waals surface area contributed by atoms with E-state index >= 15 is 0 Å². The number of aryl methyl sites for hydroxylation is 1. The van der Waals surface area contributed by atoms with Gasteiger partial charge in [0.15, 0.2) is 5.82 Å². The fraction of sp³-hybridized carbons (Fsp3) is 0.208. The van der Waals surface area contributed by atoms with Gasteiger partial charge in [0.05, 0.1) is 18.2 Å². The first kappa shape index (κ1) is 21.3. The molecule has 2 heterocycles. The van der Waals surface area contributed by atoms with Gasteiger partial charge in [0.2, 0.25) is 0 Å². The number of aromatic nitrogens is 1. The number of ether oxygens (including phenoxy) is 1. The van der Waals surface area contributed by atoms with Crippen LogP contribution >= 0.6 is 0 Å². The fourth-order valence-corrected chi connectivity index (χ4v) is 3.58. The lowest BCUT2D eigenvalue weighted by Gasteiger charge is -2.23. The molecule has 1 aliphatic heterocycles. The predicted octanol–water partition coefficient (Wildman–Crippen LogP) is 4.54. The fourth-order valence-electron chi connectivity index (χ4n) is 3.58. The largest absolute Gasteiger partial charge is 0.507 e. The number of benzene rings is 2. The minimum Gasteiger partial charge on any atom is -0.507 e. The lowest BCUT2D eigenvalue weighted by Crippen LogP contribution is -2.29. The average molecular weight is 436 g/mol. The van der Waals surface area contributed by atoms with Crippen LogP contribution in [0.4, 0.5) is 10.2 Å². The molecule has 3 aromatic rings. The smallest absolute Gasteiger partial charge is 0.301 e. The first-order valence-electron chi connectivity index (χ1n) is 10.1. The Morgan fingerprint density at radius 3 is 2.44 bits per heavy atom. The molecule has 32 heavy (non-hydrogen) atoms. The molecule has 1 aromatic heterocycles. The third kappa shape index (κ3) is 3.87. The number of rotatable bonds is 6. The normalized spacial score (nSPS) is 17.7. The van der Waals surface area contributed by atoms with E-state index in [1.165, 1.54) is 35.2 Å². The monoisotopic (exact) mass is 436 g/mol. The van der Waals surface area contributed by atoms with E-state index in [1.807, 2.05) is 6.92 Å². The maximum absolute atomic E-state index is 13.4. The molecule has 4 rings (SSSR count). The topological polar surface area (TPSA) is 92.9 Å². The van der Waals surface area contributed by atoms with Crippen LogP contribution in [-0.4, -0.2) is 28.6 Å². The maximum atomic E-state index is 13.4. The van der Waals surface area contributed by atoms with Crippen LogP contribution < -0.4 is 9.64 Å². The summed E-state index contributed by atoms with van der Waals surface area (Å²) in [6, 6.07) is 12.5. The summed E-state index contributed by atoms with van der Waals surface area (Å²) in [4.78, 5) is 27.2. The molecule has 0 radical (unpaired) electrons. The van der Waals surface area contributed by atoms with Crippen molar-refractivity contribution in [2.24, 2.45) is 0 Å². The van der Waals surface area contributed by atoms with E-state index in [1.54, 1.807) is 31.2 Å². The molecule has 1 atom stereocenters. The van der Waals surface area contributed by atoms with Crippen molar-refractivity contribution < 1.29 is 28.3 Å². The zero-order valence-corrected chi connectivity index (χ0v) is 17.5. The van der Waals surface area contributed by atoms with Gasteiger partial charge in [0.25, 0.3) is 5.78 Å². The molecule has 1 N–H and O–H groups in total. The highest BCUT2D eigenvalue weighted by Gasteiger charge is 2.48. The van der Waals surface area contributed by atoms with Gasteiger partial charge in [0, 0.05) is 11.6 Å². The van der Waals surface area contributed by atoms with Crippen molar-refractivity contribution in [2.75, 3.05) is 11.5 Å². The Balaban J connectivity index is 1.85. The van der Waals surface area contributed by atoms with Gasteiger partial charge in [-0.25, -0.2) is 4.39 Å². The number of hydrogen-bond acceptors (Lipinski definition) is 6. The van der Waals surface area contributed by atoms with Crippen molar-refractivity contribution >= 4 is 23.3 Å². The number of aliphatic hydroxyl groups excluding tert-OH is 1. The summed E-state index contributed by atoms with van der Waals surface area (Å²) >= 11 is 0. The van der Waals surface area contributed by atoms with Crippen LogP contribution in [0.2, 0.25) is 0 Å². The number of ketones is 1. The van der Waals surface area contributed by atoms with Crippen molar-refractivity contribution in [2.45, 2.75) is 26.3 Å². The Hall–Kier alpha value is -3.94. The average Bonchev–Trinajstić information content (AvgIpc) is 3.33. The van der Waals surface area contributed by atoms with Crippen molar-refractivity contribution in [3.05, 3.63) is 82.9 Å². The Bertz CT molecular complexity index is 1180. The van der Waals surface area contributed by atoms with Gasteiger partial charge < -0.3 is 14.4 Å². The summed E-state index contributed by atoms with van der Waals surface area (Å²) in [7, 11) is 0. The first-order valence-corrected chi connectivity index (χ1v) is 10.1. The Kier molecular flexibility index (Phi) is 5.77. The number of Topliss-reactive ketones (excluding diaryl/α,β-unsaturated/α-hetero) is 1. The van der Waals surface area contributed by atoms with E-state index in [4.69, 9.17) is 9.26 Å². The van der Waals surface area contributed by atoms with E-state index in [0.29, 0.717) is 23.7 Å². The SMILES string of the molecule is CCCOc1ccc(C2C(=C(O)c3ccc(F)cc3)C(=O)C(=O)N2c2cc(C)on2)cc1. The molecule has 164 valence electrons. The van der Waals surface area contributed by atoms with Crippen LogP contribution in [0.25, 0.3) is 5.76 Å². The Labute approximate surface area is 183 Å². The lowest BCUT2D eigenvalue weighted by molar-refractivity contribution is -0.132. The predicted molar refractivity (Wildman–Crippen MR) is 115 cm³/mol. The number of aliphatic hydroxyl groups is 1. The maximum Gasteiger partial charge on any atom is 0.301 e. The van der Waals surface area contributed by atoms with Crippen LogP contribution in [0.5, 0.6) is 5.75 Å². The van der Waals surface area contributed by atoms with Crippen molar-refractivity contribution in [1.82, 2.24) is 5.16 Å². The second kappa shape index (κ2) is 8.66. The molecule has 8 heteroatoms. The molecule has 1 aliphatic rings. The molecular formula is C24H21FN2O5. The van der Waals surface area contributed by atoms with Gasteiger partial charge >= 0.3 is 5.91 Å². The first-order chi connectivity index (χ1) is 15.4. The van der Waals surface area contributed by atoms with Crippen LogP contribution in [-0.2, 0) is 9.59 Å². The van der Waals surface area contributed by atoms with Gasteiger partial charge in [-0.1, -0.05) is 24.2 Å². The Morgan fingerprint density at radius 2 is 1.84 bits per heavy atom. The summed E-state index contributed by atoms with van der Waals surface area (Å²) in [6.45, 7) is 4.22. The van der Waals surface area contributed by atoms with Gasteiger partial charge in [0.1, 0.15) is 23.1 Å². The van der Waals surface area contributed by atoms with Crippen molar-refractivity contribution in [3.63, 3.8) is 0 Å². The summed E-state index contributed by atoms with van der Waals surface area (Å²) < 4.78 is 24.1. The summed E-state index contributed by atoms with van der Waals surface area (Å²) in [6.07, 6.45) is 0.852. The summed E-state index contributed by atoms with van der Waals surface area (Å²) in [5, 5.41) is 14.9. The van der Waals surface area contributed by atoms with E-state index in [0.717, 1.165) is 6.42 Å². The molecule has 0 spiro atoms. The molecule has 0 bridgehead atoms. The highest BCUT2D eigenvalue weighted by molar-refractivity contribution is 6.51. The van der Waals surface area contributed by atoms with Gasteiger partial charge in [-0.05, 0) is 55.3 Å². The number of amides is 1. The minimum atomic E-state index is -0.954. The van der Waals surface area contributed by atoms with Crippen molar-refractivity contribution in [3.8, 4) is 5.75 Å². The molecule has 0 aliphatic carbocycles. The molecule has 2 aromatic carbocycles. The third-order valence-corrected chi connectivity index (χ3v) is 5.09. The van der Waals surface area contributed by atoms with Crippen LogP contribution in [0.15, 0.2) is 64.7 Å². The summed E-state index contributed by atoms with van der Waals surface area (Å²) in [5.74, 6) is -1.35. The van der Waals surface area contributed by atoms with E-state index in [-0.39, 0.29) is 17.0 Å². The summed E-state index contributed by atoms with van der Waals surface area (Å²) in [5.41, 5.74) is 0.662. The van der Waals surface area contributed by atoms with E-state index in [2.05, 4.69) is 5.16 Å². The molecule has 1 unspecified atom stereocenters. The zero-order chi connectivity index (χ0) is 22.8. The molecule has 1 fully saturated rings.